The molecule has 0 bridgehead atoms. The molecule has 0 unspecified atom stereocenters. The number of hydrogen-bond acceptors (Lipinski definition) is 2. The first kappa shape index (κ1) is 7.88. The summed E-state index contributed by atoms with van der Waals surface area (Å²) in [4.78, 5) is 11.4. The lowest BCUT2D eigenvalue weighted by Gasteiger charge is -2.16. The van der Waals surface area contributed by atoms with Gasteiger partial charge >= 0.3 is 0 Å². The fourth-order valence-electron chi connectivity index (χ4n) is 1.46. The summed E-state index contributed by atoms with van der Waals surface area (Å²) in [6.45, 7) is 0.723. The van der Waals surface area contributed by atoms with Gasteiger partial charge in [0.25, 0.3) is 0 Å². The van der Waals surface area contributed by atoms with Crippen molar-refractivity contribution in [2.45, 2.75) is 6.42 Å². The van der Waals surface area contributed by atoms with Crippen molar-refractivity contribution in [1.29, 1.82) is 0 Å². The van der Waals surface area contributed by atoms with Crippen molar-refractivity contribution >= 4 is 11.5 Å². The number of ketones is 1. The van der Waals surface area contributed by atoms with E-state index in [9.17, 15) is 4.79 Å². The molecule has 2 heteroatoms. The normalized spacial score (nSPS) is 14.2. The number of benzene rings is 1. The van der Waals surface area contributed by atoms with Crippen LogP contribution in [0.1, 0.15) is 22.3 Å². The summed E-state index contributed by atoms with van der Waals surface area (Å²) in [6.07, 6.45) is 5.80. The summed E-state index contributed by atoms with van der Waals surface area (Å²) in [5.41, 5.74) is 2.38. The quantitative estimate of drug-likeness (QED) is 0.601. The number of Topliss-reactive ketones (excluding diaryl/α,β-unsaturated/α-hetero) is 1. The minimum absolute atomic E-state index is 0.172. The topological polar surface area (TPSA) is 29.1 Å². The van der Waals surface area contributed by atoms with Gasteiger partial charge in [-0.05, 0) is 18.2 Å². The van der Waals surface area contributed by atoms with Crippen molar-refractivity contribution in [3.8, 4) is 12.3 Å². The zero-order chi connectivity index (χ0) is 9.26. The molecular weight excluding hydrogens is 162 g/mol. The highest BCUT2D eigenvalue weighted by atomic mass is 16.1. The van der Waals surface area contributed by atoms with E-state index < -0.39 is 0 Å². The van der Waals surface area contributed by atoms with Crippen molar-refractivity contribution < 1.29 is 4.79 Å². The smallest absolute Gasteiger partial charge is 0.166 e. The molecule has 1 aliphatic rings. The Morgan fingerprint density at radius 2 is 2.31 bits per heavy atom. The second kappa shape index (κ2) is 2.95. The first-order valence-electron chi connectivity index (χ1n) is 4.19. The summed E-state index contributed by atoms with van der Waals surface area (Å²) >= 11 is 0. The number of terminal acetylenes is 1. The standard InChI is InChI=1S/C11H9NO/c1-2-8-3-4-10-9(7-8)11(13)5-6-12-10/h1,3-4,7,12H,5-6H2. The van der Waals surface area contributed by atoms with E-state index in [0.717, 1.165) is 23.4 Å². The van der Waals surface area contributed by atoms with Gasteiger partial charge in [0.05, 0.1) is 0 Å². The summed E-state index contributed by atoms with van der Waals surface area (Å²) in [6, 6.07) is 5.47. The maximum Gasteiger partial charge on any atom is 0.166 e. The Morgan fingerprint density at radius 3 is 3.08 bits per heavy atom. The largest absolute Gasteiger partial charge is 0.384 e. The van der Waals surface area contributed by atoms with Gasteiger partial charge in [0.2, 0.25) is 0 Å². The number of hydrogen-bond donors (Lipinski definition) is 1. The minimum atomic E-state index is 0.172. The third-order valence-corrected chi connectivity index (χ3v) is 2.15. The monoisotopic (exact) mass is 171 g/mol. The van der Waals surface area contributed by atoms with Crippen LogP contribution in [0.4, 0.5) is 5.69 Å². The average Bonchev–Trinajstić information content (AvgIpc) is 2.18. The van der Waals surface area contributed by atoms with Gasteiger partial charge in [-0.1, -0.05) is 5.92 Å². The van der Waals surface area contributed by atoms with E-state index >= 15 is 0 Å². The SMILES string of the molecule is C#Cc1ccc2c(c1)C(=O)CCN2. The van der Waals surface area contributed by atoms with Crippen molar-refractivity contribution in [2.24, 2.45) is 0 Å². The van der Waals surface area contributed by atoms with Crippen LogP contribution in [-0.4, -0.2) is 12.3 Å². The molecule has 13 heavy (non-hydrogen) atoms. The average molecular weight is 171 g/mol. The highest BCUT2D eigenvalue weighted by Crippen LogP contribution is 2.22. The first-order chi connectivity index (χ1) is 6.31. The number of nitrogens with one attached hydrogen (secondary N) is 1. The van der Waals surface area contributed by atoms with Crippen LogP contribution in [0, 0.1) is 12.3 Å². The fraction of sp³-hybridized carbons (Fsp3) is 0.182. The molecule has 2 rings (SSSR count). The van der Waals surface area contributed by atoms with Crippen molar-refractivity contribution in [3.05, 3.63) is 29.3 Å². The van der Waals surface area contributed by atoms with Crippen LogP contribution in [0.5, 0.6) is 0 Å². The molecule has 1 aliphatic heterocycles. The van der Waals surface area contributed by atoms with E-state index in [1.165, 1.54) is 0 Å². The fourth-order valence-corrected chi connectivity index (χ4v) is 1.46. The van der Waals surface area contributed by atoms with Crippen molar-refractivity contribution in [3.63, 3.8) is 0 Å². The Kier molecular flexibility index (Phi) is 1.79. The molecule has 0 atom stereocenters. The summed E-state index contributed by atoms with van der Waals surface area (Å²) in [5.74, 6) is 2.69. The Hall–Kier alpha value is -1.75. The Balaban J connectivity index is 2.55. The molecule has 1 N–H and O–H groups in total. The van der Waals surface area contributed by atoms with Gasteiger partial charge in [0, 0.05) is 29.8 Å². The molecular formula is C11H9NO. The summed E-state index contributed by atoms with van der Waals surface area (Å²) in [5, 5.41) is 3.15. The van der Waals surface area contributed by atoms with Crippen molar-refractivity contribution in [2.75, 3.05) is 11.9 Å². The Morgan fingerprint density at radius 1 is 1.46 bits per heavy atom. The minimum Gasteiger partial charge on any atom is -0.384 e. The van der Waals surface area contributed by atoms with Crippen LogP contribution in [0.3, 0.4) is 0 Å². The third kappa shape index (κ3) is 1.29. The third-order valence-electron chi connectivity index (χ3n) is 2.15. The van der Waals surface area contributed by atoms with E-state index in [1.807, 2.05) is 12.1 Å². The summed E-state index contributed by atoms with van der Waals surface area (Å²) in [7, 11) is 0. The van der Waals surface area contributed by atoms with E-state index in [-0.39, 0.29) is 5.78 Å². The highest BCUT2D eigenvalue weighted by Gasteiger charge is 2.15. The highest BCUT2D eigenvalue weighted by molar-refractivity contribution is 6.03. The van der Waals surface area contributed by atoms with Gasteiger partial charge in [0.1, 0.15) is 0 Å². The lowest BCUT2D eigenvalue weighted by atomic mass is 10.00. The predicted molar refractivity (Wildman–Crippen MR) is 51.8 cm³/mol. The lowest BCUT2D eigenvalue weighted by Crippen LogP contribution is -2.17. The predicted octanol–water partition coefficient (Wildman–Crippen LogP) is 1.67. The van der Waals surface area contributed by atoms with Gasteiger partial charge in [-0.2, -0.15) is 0 Å². The Labute approximate surface area is 77.0 Å². The van der Waals surface area contributed by atoms with E-state index in [4.69, 9.17) is 6.42 Å². The Bertz CT molecular complexity index is 401. The second-order valence-electron chi connectivity index (χ2n) is 3.00. The molecule has 0 fully saturated rings. The van der Waals surface area contributed by atoms with Crippen LogP contribution in [0.2, 0.25) is 0 Å². The maximum atomic E-state index is 11.4. The van der Waals surface area contributed by atoms with Crippen LogP contribution in [0.25, 0.3) is 0 Å². The molecule has 1 aromatic rings. The lowest BCUT2D eigenvalue weighted by molar-refractivity contribution is 0.0983. The van der Waals surface area contributed by atoms with Gasteiger partial charge in [-0.3, -0.25) is 4.79 Å². The van der Waals surface area contributed by atoms with E-state index in [2.05, 4.69) is 11.2 Å². The zero-order valence-electron chi connectivity index (χ0n) is 7.13. The van der Waals surface area contributed by atoms with Gasteiger partial charge < -0.3 is 5.32 Å². The molecule has 1 heterocycles. The van der Waals surface area contributed by atoms with Gasteiger partial charge in [0.15, 0.2) is 5.78 Å². The van der Waals surface area contributed by atoms with Crippen LogP contribution in [-0.2, 0) is 0 Å². The molecule has 0 aliphatic carbocycles. The van der Waals surface area contributed by atoms with Gasteiger partial charge in [-0.25, -0.2) is 0 Å². The molecule has 0 radical (unpaired) electrons. The van der Waals surface area contributed by atoms with Crippen LogP contribution in [0.15, 0.2) is 18.2 Å². The molecule has 0 saturated carbocycles. The number of carbonyl (C=O) groups excluding carboxylic acids is 1. The molecule has 0 spiro atoms. The maximum absolute atomic E-state index is 11.4. The number of anilines is 1. The van der Waals surface area contributed by atoms with Crippen LogP contribution < -0.4 is 5.32 Å². The van der Waals surface area contributed by atoms with Crippen LogP contribution >= 0.6 is 0 Å². The number of carbonyl (C=O) groups is 1. The number of fused-ring (bicyclic) bond motifs is 1. The van der Waals surface area contributed by atoms with E-state index in [0.29, 0.717) is 6.42 Å². The molecule has 0 amide bonds. The number of rotatable bonds is 0. The van der Waals surface area contributed by atoms with Crippen molar-refractivity contribution in [1.82, 2.24) is 0 Å². The van der Waals surface area contributed by atoms with E-state index in [1.54, 1.807) is 6.07 Å². The molecule has 0 saturated heterocycles. The molecule has 2 nitrogen and oxygen atoms in total. The summed E-state index contributed by atoms with van der Waals surface area (Å²) < 4.78 is 0. The molecule has 1 aromatic carbocycles. The zero-order valence-corrected chi connectivity index (χ0v) is 7.13. The molecule has 0 aromatic heterocycles. The first-order valence-corrected chi connectivity index (χ1v) is 4.19. The second-order valence-corrected chi connectivity index (χ2v) is 3.00. The molecule has 64 valence electrons. The van der Waals surface area contributed by atoms with Gasteiger partial charge in [-0.15, -0.1) is 6.42 Å².